The van der Waals surface area contributed by atoms with E-state index in [0.717, 1.165) is 17.8 Å². The molecule has 0 aliphatic rings. The van der Waals surface area contributed by atoms with Gasteiger partial charge in [0.25, 0.3) is 0 Å². The van der Waals surface area contributed by atoms with E-state index < -0.39 is 11.7 Å². The number of para-hydroxylation sites is 2. The molecule has 0 amide bonds. The maximum absolute atomic E-state index is 12.7. The van der Waals surface area contributed by atoms with Gasteiger partial charge in [0, 0.05) is 6.04 Å². The highest BCUT2D eigenvalue weighted by Crippen LogP contribution is 2.32. The van der Waals surface area contributed by atoms with Crippen molar-refractivity contribution in [3.63, 3.8) is 0 Å². The Labute approximate surface area is 121 Å². The van der Waals surface area contributed by atoms with Crippen molar-refractivity contribution in [2.45, 2.75) is 19.1 Å². The van der Waals surface area contributed by atoms with Gasteiger partial charge in [0.2, 0.25) is 0 Å². The molecule has 1 atom stereocenters. The maximum Gasteiger partial charge on any atom is 0.416 e. The normalized spacial score (nSPS) is 12.8. The van der Waals surface area contributed by atoms with Crippen molar-refractivity contribution >= 4 is 5.69 Å². The van der Waals surface area contributed by atoms with Gasteiger partial charge in [-0.15, -0.1) is 0 Å². The average molecular weight is 295 g/mol. The van der Waals surface area contributed by atoms with Crippen LogP contribution < -0.4 is 10.1 Å². The van der Waals surface area contributed by atoms with Crippen molar-refractivity contribution < 1.29 is 17.9 Å². The van der Waals surface area contributed by atoms with Crippen molar-refractivity contribution in [2.24, 2.45) is 0 Å². The second-order valence-corrected chi connectivity index (χ2v) is 4.69. The minimum Gasteiger partial charge on any atom is -0.495 e. The fourth-order valence-electron chi connectivity index (χ4n) is 2.06. The van der Waals surface area contributed by atoms with Crippen LogP contribution in [0.4, 0.5) is 18.9 Å². The monoisotopic (exact) mass is 295 g/mol. The molecule has 5 heteroatoms. The van der Waals surface area contributed by atoms with Gasteiger partial charge in [-0.05, 0) is 36.8 Å². The van der Waals surface area contributed by atoms with E-state index in [1.165, 1.54) is 6.07 Å². The molecule has 0 saturated heterocycles. The number of hydrogen-bond acceptors (Lipinski definition) is 2. The zero-order chi connectivity index (χ0) is 15.5. The molecule has 0 aliphatic heterocycles. The predicted molar refractivity (Wildman–Crippen MR) is 76.5 cm³/mol. The third-order valence-electron chi connectivity index (χ3n) is 3.19. The summed E-state index contributed by atoms with van der Waals surface area (Å²) >= 11 is 0. The third-order valence-corrected chi connectivity index (χ3v) is 3.19. The molecule has 0 fully saturated rings. The van der Waals surface area contributed by atoms with Gasteiger partial charge in [-0.2, -0.15) is 13.2 Å². The molecule has 0 bridgehead atoms. The predicted octanol–water partition coefficient (Wildman–Crippen LogP) is 4.89. The molecule has 1 unspecified atom stereocenters. The number of halogens is 3. The molecule has 0 radical (unpaired) electrons. The zero-order valence-electron chi connectivity index (χ0n) is 11.7. The molecule has 112 valence electrons. The van der Waals surface area contributed by atoms with Crippen molar-refractivity contribution in [1.82, 2.24) is 0 Å². The van der Waals surface area contributed by atoms with Crippen LogP contribution in [0.15, 0.2) is 48.5 Å². The Morgan fingerprint density at radius 1 is 1.05 bits per heavy atom. The first-order valence-electron chi connectivity index (χ1n) is 6.48. The Morgan fingerprint density at radius 2 is 1.76 bits per heavy atom. The largest absolute Gasteiger partial charge is 0.495 e. The van der Waals surface area contributed by atoms with Crippen LogP contribution in [0.1, 0.15) is 24.1 Å². The Kier molecular flexibility index (Phi) is 4.40. The lowest BCUT2D eigenvalue weighted by Crippen LogP contribution is -2.10. The quantitative estimate of drug-likeness (QED) is 0.867. The summed E-state index contributed by atoms with van der Waals surface area (Å²) in [6, 6.07) is 12.3. The average Bonchev–Trinajstić information content (AvgIpc) is 2.47. The van der Waals surface area contributed by atoms with Crippen molar-refractivity contribution in [3.8, 4) is 5.75 Å². The number of ether oxygens (including phenoxy) is 1. The minimum absolute atomic E-state index is 0.274. The van der Waals surface area contributed by atoms with Crippen LogP contribution in [0.5, 0.6) is 5.75 Å². The number of anilines is 1. The van der Waals surface area contributed by atoms with E-state index in [9.17, 15) is 13.2 Å². The molecule has 0 saturated carbocycles. The number of benzene rings is 2. The molecule has 2 aromatic carbocycles. The number of nitrogens with one attached hydrogen (secondary N) is 1. The lowest BCUT2D eigenvalue weighted by Gasteiger charge is -2.19. The van der Waals surface area contributed by atoms with Gasteiger partial charge in [-0.3, -0.25) is 0 Å². The first-order chi connectivity index (χ1) is 9.91. The Balaban J connectivity index is 2.22. The molecule has 2 aromatic rings. The van der Waals surface area contributed by atoms with Gasteiger partial charge >= 0.3 is 6.18 Å². The number of hydrogen-bond donors (Lipinski definition) is 1. The number of alkyl halides is 3. The summed E-state index contributed by atoms with van der Waals surface area (Å²) in [5, 5.41) is 3.16. The summed E-state index contributed by atoms with van der Waals surface area (Å²) in [6.07, 6.45) is -4.33. The van der Waals surface area contributed by atoms with Crippen molar-refractivity contribution in [3.05, 3.63) is 59.7 Å². The molecular formula is C16H16F3NO. The van der Waals surface area contributed by atoms with Crippen LogP contribution in [0, 0.1) is 0 Å². The van der Waals surface area contributed by atoms with Gasteiger partial charge in [-0.25, -0.2) is 0 Å². The fraction of sp³-hybridized carbons (Fsp3) is 0.250. The van der Waals surface area contributed by atoms with Crippen molar-refractivity contribution in [1.29, 1.82) is 0 Å². The molecule has 0 spiro atoms. The third kappa shape index (κ3) is 3.68. The minimum atomic E-state index is -4.33. The molecule has 1 N–H and O–H groups in total. The van der Waals surface area contributed by atoms with Crippen LogP contribution in [-0.2, 0) is 6.18 Å². The molecular weight excluding hydrogens is 279 g/mol. The highest BCUT2D eigenvalue weighted by molar-refractivity contribution is 5.57. The van der Waals surface area contributed by atoms with Gasteiger partial charge in [0.1, 0.15) is 5.75 Å². The van der Waals surface area contributed by atoms with Crippen LogP contribution in [0.2, 0.25) is 0 Å². The second-order valence-electron chi connectivity index (χ2n) is 4.69. The summed E-state index contributed by atoms with van der Waals surface area (Å²) in [5.41, 5.74) is 0.661. The topological polar surface area (TPSA) is 21.3 Å². The van der Waals surface area contributed by atoms with Gasteiger partial charge < -0.3 is 10.1 Å². The van der Waals surface area contributed by atoms with Crippen LogP contribution in [-0.4, -0.2) is 7.11 Å². The summed E-state index contributed by atoms with van der Waals surface area (Å²) < 4.78 is 43.4. The SMILES string of the molecule is COc1ccccc1NC(C)c1cccc(C(F)(F)F)c1. The summed E-state index contributed by atoms with van der Waals surface area (Å²) in [4.78, 5) is 0. The molecule has 0 aliphatic carbocycles. The molecule has 2 nitrogen and oxygen atoms in total. The van der Waals surface area contributed by atoms with E-state index in [2.05, 4.69) is 5.32 Å². The highest BCUT2D eigenvalue weighted by atomic mass is 19.4. The van der Waals surface area contributed by atoms with E-state index in [-0.39, 0.29) is 6.04 Å². The second kappa shape index (κ2) is 6.08. The lowest BCUT2D eigenvalue weighted by molar-refractivity contribution is -0.137. The van der Waals surface area contributed by atoms with Crippen LogP contribution in [0.3, 0.4) is 0 Å². The van der Waals surface area contributed by atoms with E-state index >= 15 is 0 Å². The van der Waals surface area contributed by atoms with Crippen LogP contribution in [0.25, 0.3) is 0 Å². The zero-order valence-corrected chi connectivity index (χ0v) is 11.7. The Morgan fingerprint density at radius 3 is 2.43 bits per heavy atom. The van der Waals surface area contributed by atoms with Gasteiger partial charge in [0.15, 0.2) is 0 Å². The summed E-state index contributed by atoms with van der Waals surface area (Å²) in [7, 11) is 1.55. The number of rotatable bonds is 4. The molecule has 21 heavy (non-hydrogen) atoms. The lowest BCUT2D eigenvalue weighted by atomic mass is 10.0. The standard InChI is InChI=1S/C16H16F3NO/c1-11(20-14-8-3-4-9-15(14)21-2)12-6-5-7-13(10-12)16(17,18)19/h3-11,20H,1-2H3. The Hall–Kier alpha value is -2.17. The number of methoxy groups -OCH3 is 1. The molecule has 0 aromatic heterocycles. The van der Waals surface area contributed by atoms with E-state index in [1.54, 1.807) is 19.2 Å². The highest BCUT2D eigenvalue weighted by Gasteiger charge is 2.30. The Bertz CT molecular complexity index is 610. The maximum atomic E-state index is 12.7. The first kappa shape index (κ1) is 15.2. The van der Waals surface area contributed by atoms with Gasteiger partial charge in [0.05, 0.1) is 18.4 Å². The fourth-order valence-corrected chi connectivity index (χ4v) is 2.06. The van der Waals surface area contributed by atoms with Crippen molar-refractivity contribution in [2.75, 3.05) is 12.4 Å². The first-order valence-corrected chi connectivity index (χ1v) is 6.48. The van der Waals surface area contributed by atoms with E-state index in [4.69, 9.17) is 4.74 Å². The van der Waals surface area contributed by atoms with Crippen LogP contribution >= 0.6 is 0 Å². The van der Waals surface area contributed by atoms with E-state index in [0.29, 0.717) is 11.3 Å². The van der Waals surface area contributed by atoms with Gasteiger partial charge in [-0.1, -0.05) is 24.3 Å². The van der Waals surface area contributed by atoms with E-state index in [1.807, 2.05) is 25.1 Å². The summed E-state index contributed by atoms with van der Waals surface area (Å²) in [6.45, 7) is 1.81. The summed E-state index contributed by atoms with van der Waals surface area (Å²) in [5.74, 6) is 0.649. The smallest absolute Gasteiger partial charge is 0.416 e. The molecule has 0 heterocycles. The molecule has 2 rings (SSSR count).